The van der Waals surface area contributed by atoms with Gasteiger partial charge in [0.25, 0.3) is 0 Å². The Balaban J connectivity index is 1.48. The monoisotopic (exact) mass is 291 g/mol. The molecule has 2 N–H and O–H groups in total. The second-order valence-electron chi connectivity index (χ2n) is 5.95. The molecule has 110 valence electrons. The van der Waals surface area contributed by atoms with Gasteiger partial charge in [0.1, 0.15) is 0 Å². The molecule has 22 heavy (non-hydrogen) atoms. The molecule has 0 bridgehead atoms. The van der Waals surface area contributed by atoms with Gasteiger partial charge in [0, 0.05) is 5.92 Å². The summed E-state index contributed by atoms with van der Waals surface area (Å²) < 4.78 is 0. The maximum absolute atomic E-state index is 12.3. The minimum Gasteiger partial charge on any atom is -0.324 e. The van der Waals surface area contributed by atoms with Gasteiger partial charge in [-0.25, -0.2) is 4.98 Å². The number of imidazole rings is 1. The van der Waals surface area contributed by atoms with Crippen LogP contribution in [0.25, 0.3) is 11.0 Å². The predicted molar refractivity (Wildman–Crippen MR) is 86.8 cm³/mol. The van der Waals surface area contributed by atoms with Crippen molar-refractivity contribution in [3.05, 3.63) is 59.7 Å². The molecule has 1 aliphatic rings. The third-order valence-corrected chi connectivity index (χ3v) is 4.23. The highest BCUT2D eigenvalue weighted by Crippen LogP contribution is 2.47. The van der Waals surface area contributed by atoms with Gasteiger partial charge >= 0.3 is 0 Å². The summed E-state index contributed by atoms with van der Waals surface area (Å²) >= 11 is 0. The Morgan fingerprint density at radius 1 is 1.23 bits per heavy atom. The van der Waals surface area contributed by atoms with Crippen LogP contribution in [0.1, 0.15) is 23.5 Å². The van der Waals surface area contributed by atoms with Crippen LogP contribution in [0.15, 0.2) is 48.5 Å². The molecule has 0 saturated heterocycles. The topological polar surface area (TPSA) is 57.8 Å². The number of aryl methyl sites for hydroxylation is 1. The highest BCUT2D eigenvalue weighted by Gasteiger charge is 2.44. The first-order chi connectivity index (χ1) is 10.7. The molecule has 4 nitrogen and oxygen atoms in total. The van der Waals surface area contributed by atoms with Crippen molar-refractivity contribution in [2.24, 2.45) is 5.92 Å². The van der Waals surface area contributed by atoms with Gasteiger partial charge < -0.3 is 4.98 Å². The first kappa shape index (κ1) is 13.1. The van der Waals surface area contributed by atoms with Crippen LogP contribution < -0.4 is 5.32 Å². The first-order valence-electron chi connectivity index (χ1n) is 7.53. The number of nitrogens with one attached hydrogen (secondary N) is 2. The van der Waals surface area contributed by atoms with Crippen molar-refractivity contribution in [2.45, 2.75) is 19.3 Å². The first-order valence-corrected chi connectivity index (χ1v) is 7.53. The van der Waals surface area contributed by atoms with Crippen LogP contribution in [-0.4, -0.2) is 15.9 Å². The van der Waals surface area contributed by atoms with Crippen LogP contribution in [0.4, 0.5) is 5.95 Å². The number of hydrogen-bond donors (Lipinski definition) is 2. The average Bonchev–Trinajstić information content (AvgIpc) is 3.23. The SMILES string of the molecule is Cc1ccc2nc(NC(=O)C3CC3c3ccccc3)[nH]c2c1. The van der Waals surface area contributed by atoms with Crippen molar-refractivity contribution >= 4 is 22.9 Å². The molecule has 1 aromatic heterocycles. The minimum absolute atomic E-state index is 0.0460. The Morgan fingerprint density at radius 3 is 2.86 bits per heavy atom. The molecule has 1 fully saturated rings. The quantitative estimate of drug-likeness (QED) is 0.774. The summed E-state index contributed by atoms with van der Waals surface area (Å²) in [6, 6.07) is 16.2. The molecular weight excluding hydrogens is 274 g/mol. The van der Waals surface area contributed by atoms with Crippen molar-refractivity contribution in [2.75, 3.05) is 5.32 Å². The molecule has 0 spiro atoms. The number of H-pyrrole nitrogens is 1. The lowest BCUT2D eigenvalue weighted by Gasteiger charge is -2.01. The maximum atomic E-state index is 12.3. The molecule has 1 saturated carbocycles. The van der Waals surface area contributed by atoms with Crippen LogP contribution in [0, 0.1) is 12.8 Å². The van der Waals surface area contributed by atoms with E-state index in [4.69, 9.17) is 0 Å². The number of rotatable bonds is 3. The van der Waals surface area contributed by atoms with Gasteiger partial charge in [0.2, 0.25) is 11.9 Å². The second-order valence-corrected chi connectivity index (χ2v) is 5.95. The zero-order chi connectivity index (χ0) is 15.1. The molecule has 4 rings (SSSR count). The van der Waals surface area contributed by atoms with Crippen LogP contribution in [0.3, 0.4) is 0 Å². The highest BCUT2D eigenvalue weighted by molar-refractivity contribution is 5.95. The van der Waals surface area contributed by atoms with E-state index in [0.29, 0.717) is 11.9 Å². The Morgan fingerprint density at radius 2 is 2.05 bits per heavy atom. The summed E-state index contributed by atoms with van der Waals surface area (Å²) in [5, 5.41) is 2.91. The zero-order valence-corrected chi connectivity index (χ0v) is 12.3. The normalized spacial score (nSPS) is 20.0. The summed E-state index contributed by atoms with van der Waals surface area (Å²) in [4.78, 5) is 19.9. The number of nitrogens with zero attached hydrogens (tertiary/aromatic N) is 1. The molecule has 0 radical (unpaired) electrons. The van der Waals surface area contributed by atoms with E-state index in [1.54, 1.807) is 0 Å². The molecule has 1 heterocycles. The average molecular weight is 291 g/mol. The van der Waals surface area contributed by atoms with E-state index in [2.05, 4.69) is 27.4 Å². The van der Waals surface area contributed by atoms with E-state index in [1.165, 1.54) is 11.1 Å². The van der Waals surface area contributed by atoms with Crippen molar-refractivity contribution < 1.29 is 4.79 Å². The van der Waals surface area contributed by atoms with Gasteiger partial charge in [-0.05, 0) is 42.5 Å². The van der Waals surface area contributed by atoms with Gasteiger partial charge in [-0.15, -0.1) is 0 Å². The van der Waals surface area contributed by atoms with Gasteiger partial charge in [-0.2, -0.15) is 0 Å². The van der Waals surface area contributed by atoms with E-state index < -0.39 is 0 Å². The largest absolute Gasteiger partial charge is 0.324 e. The Hall–Kier alpha value is -2.62. The molecule has 2 aromatic carbocycles. The predicted octanol–water partition coefficient (Wildman–Crippen LogP) is 3.61. The van der Waals surface area contributed by atoms with Crippen LogP contribution in [0.5, 0.6) is 0 Å². The summed E-state index contributed by atoms with van der Waals surface area (Å²) in [5.41, 5.74) is 4.23. The number of fused-ring (bicyclic) bond motifs is 1. The Bertz CT molecular complexity index is 838. The summed E-state index contributed by atoms with van der Waals surface area (Å²) in [7, 11) is 0. The molecule has 1 aliphatic carbocycles. The third-order valence-electron chi connectivity index (χ3n) is 4.23. The minimum atomic E-state index is 0.0460. The van der Waals surface area contributed by atoms with E-state index in [0.717, 1.165) is 17.5 Å². The number of amides is 1. The molecule has 3 aromatic rings. The number of aromatic amines is 1. The van der Waals surface area contributed by atoms with Crippen LogP contribution in [-0.2, 0) is 4.79 Å². The van der Waals surface area contributed by atoms with Crippen molar-refractivity contribution in [1.29, 1.82) is 0 Å². The fourth-order valence-electron chi connectivity index (χ4n) is 2.95. The summed E-state index contributed by atoms with van der Waals surface area (Å²) in [6.45, 7) is 2.03. The van der Waals surface area contributed by atoms with Gasteiger partial charge in [-0.1, -0.05) is 36.4 Å². The molecule has 2 unspecified atom stereocenters. The summed E-state index contributed by atoms with van der Waals surface area (Å²) in [5.74, 6) is 0.971. The fourth-order valence-corrected chi connectivity index (χ4v) is 2.95. The number of hydrogen-bond acceptors (Lipinski definition) is 2. The van der Waals surface area contributed by atoms with Crippen molar-refractivity contribution in [1.82, 2.24) is 9.97 Å². The van der Waals surface area contributed by atoms with Crippen molar-refractivity contribution in [3.63, 3.8) is 0 Å². The van der Waals surface area contributed by atoms with Gasteiger partial charge in [-0.3, -0.25) is 10.1 Å². The Labute approximate surface area is 128 Å². The van der Waals surface area contributed by atoms with Crippen molar-refractivity contribution in [3.8, 4) is 0 Å². The lowest BCUT2D eigenvalue weighted by Crippen LogP contribution is -2.15. The second kappa shape index (κ2) is 4.98. The number of benzene rings is 2. The van der Waals surface area contributed by atoms with E-state index in [9.17, 15) is 4.79 Å². The maximum Gasteiger partial charge on any atom is 0.230 e. The standard InChI is InChI=1S/C18H17N3O/c1-11-7-8-15-16(9-11)20-18(19-15)21-17(22)14-10-13(14)12-5-3-2-4-6-12/h2-9,13-14H,10H2,1H3,(H2,19,20,21,22). The van der Waals surface area contributed by atoms with Gasteiger partial charge in [0.15, 0.2) is 0 Å². The lowest BCUT2D eigenvalue weighted by molar-refractivity contribution is -0.117. The van der Waals surface area contributed by atoms with E-state index >= 15 is 0 Å². The van der Waals surface area contributed by atoms with Crippen LogP contribution >= 0.6 is 0 Å². The fraction of sp³-hybridized carbons (Fsp3) is 0.222. The van der Waals surface area contributed by atoms with Crippen LogP contribution in [0.2, 0.25) is 0 Å². The lowest BCUT2D eigenvalue weighted by atomic mass is 10.1. The molecule has 2 atom stereocenters. The molecular formula is C18H17N3O. The van der Waals surface area contributed by atoms with Gasteiger partial charge in [0.05, 0.1) is 11.0 Å². The number of carbonyl (C=O) groups excluding carboxylic acids is 1. The smallest absolute Gasteiger partial charge is 0.230 e. The van der Waals surface area contributed by atoms with E-state index in [-0.39, 0.29) is 11.8 Å². The number of anilines is 1. The van der Waals surface area contributed by atoms with E-state index in [1.807, 2.05) is 43.3 Å². The third kappa shape index (κ3) is 2.37. The Kier molecular flexibility index (Phi) is 2.96. The molecule has 1 amide bonds. The summed E-state index contributed by atoms with van der Waals surface area (Å²) in [6.07, 6.45) is 0.912. The molecule has 4 heteroatoms. The molecule has 0 aliphatic heterocycles. The zero-order valence-electron chi connectivity index (χ0n) is 12.3. The number of carbonyl (C=O) groups is 1. The highest BCUT2D eigenvalue weighted by atomic mass is 16.2. The number of aromatic nitrogens is 2.